The maximum atomic E-state index is 13.3. The Hall–Kier alpha value is -1.71. The van der Waals surface area contributed by atoms with Gasteiger partial charge in [0.2, 0.25) is 0 Å². The molecule has 0 amide bonds. The van der Waals surface area contributed by atoms with Crippen molar-refractivity contribution in [2.24, 2.45) is 0 Å². The van der Waals surface area contributed by atoms with Crippen molar-refractivity contribution in [3.05, 3.63) is 71.0 Å². The highest BCUT2D eigenvalue weighted by atomic mass is 19.1. The maximum absolute atomic E-state index is 13.3. The number of hydrogen-bond acceptors (Lipinski definition) is 2. The van der Waals surface area contributed by atoms with Gasteiger partial charge >= 0.3 is 0 Å². The molecule has 0 saturated heterocycles. The van der Waals surface area contributed by atoms with Crippen molar-refractivity contribution in [2.75, 3.05) is 13.2 Å². The Labute approximate surface area is 125 Å². The lowest BCUT2D eigenvalue weighted by molar-refractivity contribution is 0.0409. The van der Waals surface area contributed by atoms with E-state index in [1.54, 1.807) is 12.1 Å². The molecule has 0 spiro atoms. The highest BCUT2D eigenvalue weighted by Gasteiger charge is 2.20. The number of benzene rings is 2. The molecule has 2 atom stereocenters. The van der Waals surface area contributed by atoms with Gasteiger partial charge in [0.25, 0.3) is 0 Å². The van der Waals surface area contributed by atoms with Gasteiger partial charge in [0.05, 0.1) is 12.7 Å². The molecule has 2 aromatic carbocycles. The Morgan fingerprint density at radius 1 is 1.24 bits per heavy atom. The summed E-state index contributed by atoms with van der Waals surface area (Å²) in [4.78, 5) is 0. The quantitative estimate of drug-likeness (QED) is 0.923. The van der Waals surface area contributed by atoms with E-state index in [2.05, 4.69) is 29.6 Å². The van der Waals surface area contributed by atoms with Gasteiger partial charge in [-0.2, -0.15) is 0 Å². The zero-order chi connectivity index (χ0) is 14.7. The molecular formula is C18H20FNO. The molecule has 3 heteroatoms. The highest BCUT2D eigenvalue weighted by Crippen LogP contribution is 2.27. The molecule has 0 saturated carbocycles. The summed E-state index contributed by atoms with van der Waals surface area (Å²) in [5.74, 6) is -0.194. The molecule has 0 fully saturated rings. The van der Waals surface area contributed by atoms with Crippen molar-refractivity contribution in [3.63, 3.8) is 0 Å². The van der Waals surface area contributed by atoms with Crippen LogP contribution in [-0.2, 0) is 11.2 Å². The van der Waals surface area contributed by atoms with Gasteiger partial charge in [-0.25, -0.2) is 4.39 Å². The smallest absolute Gasteiger partial charge is 0.123 e. The van der Waals surface area contributed by atoms with Gasteiger partial charge in [0.15, 0.2) is 0 Å². The van der Waals surface area contributed by atoms with Crippen molar-refractivity contribution in [1.29, 1.82) is 0 Å². The largest absolute Gasteiger partial charge is 0.372 e. The number of hydrogen-bond donors (Lipinski definition) is 1. The zero-order valence-electron chi connectivity index (χ0n) is 12.2. The lowest BCUT2D eigenvalue weighted by Crippen LogP contribution is -2.29. The summed E-state index contributed by atoms with van der Waals surface area (Å²) in [5.41, 5.74) is 3.59. The van der Waals surface area contributed by atoms with Gasteiger partial charge < -0.3 is 10.1 Å². The van der Waals surface area contributed by atoms with E-state index in [1.807, 2.05) is 13.0 Å². The predicted octanol–water partition coefficient (Wildman–Crippen LogP) is 3.79. The van der Waals surface area contributed by atoms with E-state index < -0.39 is 0 Å². The van der Waals surface area contributed by atoms with Gasteiger partial charge in [0.1, 0.15) is 5.82 Å². The summed E-state index contributed by atoms with van der Waals surface area (Å²) in [7, 11) is 0. The van der Waals surface area contributed by atoms with Crippen LogP contribution in [0.3, 0.4) is 0 Å². The lowest BCUT2D eigenvalue weighted by atomic mass is 9.97. The van der Waals surface area contributed by atoms with Crippen LogP contribution in [0.15, 0.2) is 48.5 Å². The van der Waals surface area contributed by atoms with Crippen LogP contribution >= 0.6 is 0 Å². The van der Waals surface area contributed by atoms with E-state index in [0.29, 0.717) is 0 Å². The lowest BCUT2D eigenvalue weighted by Gasteiger charge is -2.27. The van der Waals surface area contributed by atoms with E-state index >= 15 is 0 Å². The number of fused-ring (bicyclic) bond motifs is 1. The van der Waals surface area contributed by atoms with Gasteiger partial charge in [0, 0.05) is 12.6 Å². The standard InChI is InChI=1S/C18H20FNO/c1-13(15-6-4-7-16(19)11-15)20-12-18-17-8-3-2-5-14(17)9-10-21-18/h2-8,11,13,18,20H,9-10,12H2,1H3/t13-,18?/m0/s1. The molecule has 21 heavy (non-hydrogen) atoms. The van der Waals surface area contributed by atoms with Gasteiger partial charge in [-0.15, -0.1) is 0 Å². The molecule has 0 radical (unpaired) electrons. The fourth-order valence-corrected chi connectivity index (χ4v) is 2.82. The Balaban J connectivity index is 1.66. The van der Waals surface area contributed by atoms with Crippen LogP contribution in [0.25, 0.3) is 0 Å². The van der Waals surface area contributed by atoms with Gasteiger partial charge in [-0.05, 0) is 42.2 Å². The molecule has 1 unspecified atom stereocenters. The summed E-state index contributed by atoms with van der Waals surface area (Å²) in [5, 5.41) is 3.45. The Kier molecular flexibility index (Phi) is 4.32. The normalized spacial score (nSPS) is 19.0. The van der Waals surface area contributed by atoms with Crippen LogP contribution < -0.4 is 5.32 Å². The van der Waals surface area contributed by atoms with E-state index in [1.165, 1.54) is 17.2 Å². The molecule has 110 valence electrons. The summed E-state index contributed by atoms with van der Waals surface area (Å²) in [6.07, 6.45) is 1.05. The average Bonchev–Trinajstić information content (AvgIpc) is 2.52. The molecule has 0 aromatic heterocycles. The highest BCUT2D eigenvalue weighted by molar-refractivity contribution is 5.31. The van der Waals surface area contributed by atoms with Crippen LogP contribution in [0.2, 0.25) is 0 Å². The van der Waals surface area contributed by atoms with Gasteiger partial charge in [-0.1, -0.05) is 36.4 Å². The van der Waals surface area contributed by atoms with E-state index in [4.69, 9.17) is 4.74 Å². The Bertz CT molecular complexity index is 614. The third-order valence-corrected chi connectivity index (χ3v) is 4.05. The monoisotopic (exact) mass is 285 g/mol. The first-order valence-electron chi connectivity index (χ1n) is 7.42. The molecular weight excluding hydrogens is 265 g/mol. The van der Waals surface area contributed by atoms with E-state index in [-0.39, 0.29) is 18.0 Å². The second-order valence-corrected chi connectivity index (χ2v) is 5.49. The number of rotatable bonds is 4. The third kappa shape index (κ3) is 3.31. The first-order chi connectivity index (χ1) is 10.2. The second-order valence-electron chi connectivity index (χ2n) is 5.49. The Morgan fingerprint density at radius 2 is 2.10 bits per heavy atom. The minimum absolute atomic E-state index is 0.0750. The minimum Gasteiger partial charge on any atom is -0.372 e. The van der Waals surface area contributed by atoms with Gasteiger partial charge in [-0.3, -0.25) is 0 Å². The summed E-state index contributed by atoms with van der Waals surface area (Å²) < 4.78 is 19.1. The summed E-state index contributed by atoms with van der Waals surface area (Å²) >= 11 is 0. The Morgan fingerprint density at radius 3 is 2.95 bits per heavy atom. The molecule has 1 aliphatic rings. The summed E-state index contributed by atoms with van der Waals surface area (Å²) in [6.45, 7) is 3.54. The van der Waals surface area contributed by atoms with E-state index in [9.17, 15) is 4.39 Å². The minimum atomic E-state index is -0.194. The second kappa shape index (κ2) is 6.37. The van der Waals surface area contributed by atoms with Crippen molar-refractivity contribution >= 4 is 0 Å². The van der Waals surface area contributed by atoms with E-state index in [0.717, 1.165) is 25.1 Å². The van der Waals surface area contributed by atoms with Crippen molar-refractivity contribution in [3.8, 4) is 0 Å². The first-order valence-corrected chi connectivity index (χ1v) is 7.42. The molecule has 2 nitrogen and oxygen atoms in total. The SMILES string of the molecule is C[C@H](NCC1OCCc2ccccc21)c1cccc(F)c1. The van der Waals surface area contributed by atoms with Crippen LogP contribution in [-0.4, -0.2) is 13.2 Å². The van der Waals surface area contributed by atoms with Crippen LogP contribution in [0, 0.1) is 5.82 Å². The summed E-state index contributed by atoms with van der Waals surface area (Å²) in [6, 6.07) is 15.3. The molecule has 1 N–H and O–H groups in total. The predicted molar refractivity (Wildman–Crippen MR) is 81.7 cm³/mol. The maximum Gasteiger partial charge on any atom is 0.123 e. The molecule has 0 bridgehead atoms. The van der Waals surface area contributed by atoms with Crippen LogP contribution in [0.4, 0.5) is 4.39 Å². The third-order valence-electron chi connectivity index (χ3n) is 4.05. The first kappa shape index (κ1) is 14.2. The fraction of sp³-hybridized carbons (Fsp3) is 0.333. The van der Waals surface area contributed by atoms with Crippen LogP contribution in [0.1, 0.15) is 35.8 Å². The molecule has 1 heterocycles. The average molecular weight is 285 g/mol. The molecule has 3 rings (SSSR count). The zero-order valence-corrected chi connectivity index (χ0v) is 12.2. The topological polar surface area (TPSA) is 21.3 Å². The molecule has 1 aliphatic heterocycles. The van der Waals surface area contributed by atoms with Crippen LogP contribution in [0.5, 0.6) is 0 Å². The number of halogens is 1. The number of ether oxygens (including phenoxy) is 1. The van der Waals surface area contributed by atoms with Crippen molar-refractivity contribution < 1.29 is 9.13 Å². The molecule has 0 aliphatic carbocycles. The van der Waals surface area contributed by atoms with Crippen molar-refractivity contribution in [1.82, 2.24) is 5.32 Å². The number of nitrogens with one attached hydrogen (secondary N) is 1. The molecule has 2 aromatic rings. The fourth-order valence-electron chi connectivity index (χ4n) is 2.82. The van der Waals surface area contributed by atoms with Crippen molar-refractivity contribution in [2.45, 2.75) is 25.5 Å².